The van der Waals surface area contributed by atoms with Crippen LogP contribution in [0.1, 0.15) is 16.7 Å². The first-order chi connectivity index (χ1) is 15.5. The maximum absolute atomic E-state index is 13.9. The van der Waals surface area contributed by atoms with E-state index >= 15 is 0 Å². The zero-order valence-electron chi connectivity index (χ0n) is 17.5. The van der Waals surface area contributed by atoms with Gasteiger partial charge in [0.15, 0.2) is 4.87 Å². The van der Waals surface area contributed by atoms with Gasteiger partial charge in [-0.05, 0) is 36.8 Å². The number of nitrogens with zero attached hydrogens (tertiary/aromatic N) is 2. The number of halogens is 1. The van der Waals surface area contributed by atoms with Crippen LogP contribution in [0, 0.1) is 12.7 Å². The van der Waals surface area contributed by atoms with Gasteiger partial charge in [0, 0.05) is 23.5 Å². The van der Waals surface area contributed by atoms with Gasteiger partial charge in [0.25, 0.3) is 5.91 Å². The number of fused-ring (bicyclic) bond motifs is 2. The Balaban J connectivity index is 1.50. The highest BCUT2D eigenvalue weighted by molar-refractivity contribution is 8.01. The molecule has 162 valence electrons. The number of amides is 3. The van der Waals surface area contributed by atoms with E-state index < -0.39 is 16.7 Å². The molecule has 0 unspecified atom stereocenters. The van der Waals surface area contributed by atoms with Crippen LogP contribution in [0.5, 0.6) is 0 Å². The van der Waals surface area contributed by atoms with E-state index in [1.54, 1.807) is 21.9 Å². The molecular formula is C25H22FN3O2S. The molecule has 1 N–H and O–H groups in total. The van der Waals surface area contributed by atoms with E-state index in [-0.39, 0.29) is 5.91 Å². The number of nitrogens with one attached hydrogen (secondary N) is 1. The Morgan fingerprint density at radius 2 is 1.88 bits per heavy atom. The fraction of sp³-hybridized carbons (Fsp3) is 0.200. The number of para-hydroxylation sites is 1. The molecule has 1 fully saturated rings. The molecule has 3 aromatic rings. The first-order valence-corrected chi connectivity index (χ1v) is 11.4. The third-order valence-electron chi connectivity index (χ3n) is 5.88. The zero-order valence-corrected chi connectivity index (χ0v) is 18.4. The largest absolute Gasteiger partial charge is 0.323 e. The molecule has 0 saturated carbocycles. The smallest absolute Gasteiger partial charge is 0.308 e. The van der Waals surface area contributed by atoms with Crippen LogP contribution in [0.25, 0.3) is 0 Å². The minimum absolute atomic E-state index is 0.129. The van der Waals surface area contributed by atoms with Crippen LogP contribution in [0.15, 0.2) is 72.8 Å². The molecule has 0 bridgehead atoms. The van der Waals surface area contributed by atoms with Crippen molar-refractivity contribution >= 4 is 35.1 Å². The van der Waals surface area contributed by atoms with Crippen molar-refractivity contribution in [3.8, 4) is 0 Å². The summed E-state index contributed by atoms with van der Waals surface area (Å²) >= 11 is 1.47. The van der Waals surface area contributed by atoms with Crippen molar-refractivity contribution in [2.45, 2.75) is 18.3 Å². The second-order valence-electron chi connectivity index (χ2n) is 7.98. The molecule has 3 amide bonds. The van der Waals surface area contributed by atoms with Crippen LogP contribution in [-0.2, 0) is 16.2 Å². The van der Waals surface area contributed by atoms with Crippen molar-refractivity contribution in [3.63, 3.8) is 0 Å². The van der Waals surface area contributed by atoms with Gasteiger partial charge in [-0.15, -0.1) is 11.8 Å². The molecular weight excluding hydrogens is 425 g/mol. The second-order valence-corrected chi connectivity index (χ2v) is 9.27. The number of hydrogen-bond acceptors (Lipinski definition) is 3. The van der Waals surface area contributed by atoms with Gasteiger partial charge in [0.1, 0.15) is 5.82 Å². The van der Waals surface area contributed by atoms with E-state index in [0.29, 0.717) is 24.5 Å². The summed E-state index contributed by atoms with van der Waals surface area (Å²) in [4.78, 5) is 29.4. The average Bonchev–Trinajstić information content (AvgIpc) is 3.33. The average molecular weight is 448 g/mol. The van der Waals surface area contributed by atoms with Crippen molar-refractivity contribution in [1.82, 2.24) is 4.90 Å². The molecule has 0 radical (unpaired) electrons. The normalized spacial score (nSPS) is 19.5. The number of anilines is 2. The molecule has 5 rings (SSSR count). The maximum Gasteiger partial charge on any atom is 0.323 e. The molecule has 0 aliphatic carbocycles. The lowest BCUT2D eigenvalue weighted by Crippen LogP contribution is -2.51. The number of benzene rings is 3. The van der Waals surface area contributed by atoms with Crippen LogP contribution in [-0.4, -0.2) is 29.1 Å². The Morgan fingerprint density at radius 1 is 1.09 bits per heavy atom. The third-order valence-corrected chi connectivity index (χ3v) is 7.30. The van der Waals surface area contributed by atoms with Gasteiger partial charge in [-0.2, -0.15) is 0 Å². The van der Waals surface area contributed by atoms with E-state index in [0.717, 1.165) is 22.4 Å². The minimum Gasteiger partial charge on any atom is -0.308 e. The SMILES string of the molecule is Cc1ccc(CN2C(=O)[C@@]3(SCCN3C(=O)Nc3cccc(F)c3)c3ccccc32)cc1. The lowest BCUT2D eigenvalue weighted by molar-refractivity contribution is -0.123. The van der Waals surface area contributed by atoms with Gasteiger partial charge in [0.2, 0.25) is 0 Å². The molecule has 1 atom stereocenters. The minimum atomic E-state index is -1.13. The molecule has 1 spiro atoms. The van der Waals surface area contributed by atoms with Gasteiger partial charge in [-0.25, -0.2) is 9.18 Å². The molecule has 2 aliphatic rings. The number of hydrogen-bond donors (Lipinski definition) is 1. The van der Waals surface area contributed by atoms with Gasteiger partial charge in [-0.3, -0.25) is 9.69 Å². The van der Waals surface area contributed by atoms with Crippen molar-refractivity contribution < 1.29 is 14.0 Å². The van der Waals surface area contributed by atoms with Crippen molar-refractivity contribution in [3.05, 3.63) is 95.3 Å². The van der Waals surface area contributed by atoms with Crippen LogP contribution in [0.4, 0.5) is 20.6 Å². The zero-order chi connectivity index (χ0) is 22.3. The van der Waals surface area contributed by atoms with E-state index in [1.807, 2.05) is 55.5 Å². The highest BCUT2D eigenvalue weighted by atomic mass is 32.2. The van der Waals surface area contributed by atoms with Crippen molar-refractivity contribution in [2.75, 3.05) is 22.5 Å². The van der Waals surface area contributed by atoms with Gasteiger partial charge >= 0.3 is 6.03 Å². The Labute approximate surface area is 190 Å². The number of urea groups is 1. The molecule has 32 heavy (non-hydrogen) atoms. The molecule has 1 saturated heterocycles. The van der Waals surface area contributed by atoms with Crippen LogP contribution in [0.2, 0.25) is 0 Å². The van der Waals surface area contributed by atoms with Crippen LogP contribution in [0.3, 0.4) is 0 Å². The fourth-order valence-corrected chi connectivity index (χ4v) is 5.82. The van der Waals surface area contributed by atoms with Crippen molar-refractivity contribution in [2.24, 2.45) is 0 Å². The van der Waals surface area contributed by atoms with Gasteiger partial charge in [-0.1, -0.05) is 54.1 Å². The Kier molecular flexibility index (Phi) is 5.13. The van der Waals surface area contributed by atoms with Gasteiger partial charge < -0.3 is 10.2 Å². The Hall–Kier alpha value is -3.32. The number of carbonyl (C=O) groups excluding carboxylic acids is 2. The highest BCUT2D eigenvalue weighted by Crippen LogP contribution is 2.54. The molecule has 5 nitrogen and oxygen atoms in total. The third kappa shape index (κ3) is 3.33. The number of thioether (sulfide) groups is 1. The summed E-state index contributed by atoms with van der Waals surface area (Å²) in [5.74, 6) is 0.0747. The summed E-state index contributed by atoms with van der Waals surface area (Å²) in [7, 11) is 0. The lowest BCUT2D eigenvalue weighted by atomic mass is 10.1. The summed E-state index contributed by atoms with van der Waals surface area (Å²) < 4.78 is 13.6. The first-order valence-electron chi connectivity index (χ1n) is 10.4. The van der Waals surface area contributed by atoms with Crippen LogP contribution < -0.4 is 10.2 Å². The van der Waals surface area contributed by atoms with Gasteiger partial charge in [0.05, 0.1) is 12.2 Å². The van der Waals surface area contributed by atoms with Crippen LogP contribution >= 0.6 is 11.8 Å². The predicted octanol–water partition coefficient (Wildman–Crippen LogP) is 5.11. The monoisotopic (exact) mass is 447 g/mol. The molecule has 7 heteroatoms. The summed E-state index contributed by atoms with van der Waals surface area (Å²) in [5, 5.41) is 2.76. The quantitative estimate of drug-likeness (QED) is 0.607. The Morgan fingerprint density at radius 3 is 2.66 bits per heavy atom. The lowest BCUT2D eigenvalue weighted by Gasteiger charge is -2.33. The standard InChI is InChI=1S/C25H22FN3O2S/c1-17-9-11-18(12-10-17)16-28-22-8-3-2-7-21(22)25(23(28)30)29(13-14-32-25)24(31)27-20-6-4-5-19(26)15-20/h2-12,15H,13-14,16H2,1H3,(H,27,31)/t25-/m0/s1. The summed E-state index contributed by atoms with van der Waals surface area (Å²) in [6, 6.07) is 21.1. The van der Waals surface area contributed by atoms with E-state index in [1.165, 1.54) is 23.9 Å². The topological polar surface area (TPSA) is 52.7 Å². The second kappa shape index (κ2) is 7.98. The fourth-order valence-electron chi connectivity index (χ4n) is 4.36. The number of aryl methyl sites for hydroxylation is 1. The molecule has 2 heterocycles. The van der Waals surface area contributed by atoms with E-state index in [9.17, 15) is 14.0 Å². The summed E-state index contributed by atoms with van der Waals surface area (Å²) in [6.07, 6.45) is 0. The number of rotatable bonds is 3. The molecule has 0 aromatic heterocycles. The van der Waals surface area contributed by atoms with Crippen molar-refractivity contribution in [1.29, 1.82) is 0 Å². The predicted molar refractivity (Wildman–Crippen MR) is 125 cm³/mol. The molecule has 3 aromatic carbocycles. The highest BCUT2D eigenvalue weighted by Gasteiger charge is 2.59. The summed E-state index contributed by atoms with van der Waals surface area (Å²) in [5.41, 5.74) is 4.17. The van der Waals surface area contributed by atoms with E-state index in [4.69, 9.17) is 0 Å². The maximum atomic E-state index is 13.9. The summed E-state index contributed by atoms with van der Waals surface area (Å²) in [6.45, 7) is 2.88. The Bertz CT molecular complexity index is 1200. The molecule has 2 aliphatic heterocycles. The van der Waals surface area contributed by atoms with E-state index in [2.05, 4.69) is 5.32 Å². The first kappa shape index (κ1) is 20.6. The number of carbonyl (C=O) groups is 2.